The Labute approximate surface area is 171 Å². The van der Waals surface area contributed by atoms with Gasteiger partial charge in [-0.2, -0.15) is 0 Å². The van der Waals surface area contributed by atoms with E-state index in [9.17, 15) is 9.18 Å². The molecule has 1 aromatic carbocycles. The Bertz CT molecular complexity index is 779. The number of aryl methyl sites for hydroxylation is 1. The normalized spacial score (nSPS) is 17.6. The molecule has 0 N–H and O–H groups in total. The number of rotatable bonds is 8. The largest absolute Gasteiger partial charge is 0.342 e. The van der Waals surface area contributed by atoms with E-state index in [1.807, 2.05) is 23.3 Å². The summed E-state index contributed by atoms with van der Waals surface area (Å²) in [6.07, 6.45) is 3.58. The SMILES string of the molecule is CCN(C[C@H]1CCCN(CCc2cccc(F)c2)C1)C(=O)Cc1csc(C)n1. The minimum atomic E-state index is -0.165. The Morgan fingerprint density at radius 3 is 3.00 bits per heavy atom. The fraction of sp³-hybridized carbons (Fsp3) is 0.545. The zero-order valence-electron chi connectivity index (χ0n) is 16.9. The number of carbonyl (C=O) groups is 1. The number of carbonyl (C=O) groups excluding carboxylic acids is 1. The third-order valence-corrected chi connectivity index (χ3v) is 6.24. The molecule has 0 aliphatic carbocycles. The molecule has 1 fully saturated rings. The van der Waals surface area contributed by atoms with Gasteiger partial charge in [-0.05, 0) is 63.3 Å². The van der Waals surface area contributed by atoms with Crippen LogP contribution < -0.4 is 0 Å². The molecule has 4 nitrogen and oxygen atoms in total. The molecule has 1 atom stereocenters. The Kier molecular flexibility index (Phi) is 7.57. The topological polar surface area (TPSA) is 36.4 Å². The van der Waals surface area contributed by atoms with Gasteiger partial charge in [-0.1, -0.05) is 12.1 Å². The monoisotopic (exact) mass is 403 g/mol. The van der Waals surface area contributed by atoms with Crippen LogP contribution in [0.4, 0.5) is 4.39 Å². The number of likely N-dealkylation sites (N-methyl/N-ethyl adjacent to an activating group) is 1. The van der Waals surface area contributed by atoms with Gasteiger partial charge in [0.15, 0.2) is 0 Å². The van der Waals surface area contributed by atoms with Crippen LogP contribution in [-0.2, 0) is 17.6 Å². The first-order valence-corrected chi connectivity index (χ1v) is 11.1. The number of amides is 1. The predicted octanol–water partition coefficient (Wildman–Crippen LogP) is 3.94. The summed E-state index contributed by atoms with van der Waals surface area (Å²) in [5.41, 5.74) is 1.93. The van der Waals surface area contributed by atoms with Crippen molar-refractivity contribution in [3.8, 4) is 0 Å². The minimum absolute atomic E-state index is 0.165. The van der Waals surface area contributed by atoms with Gasteiger partial charge in [0, 0.05) is 31.6 Å². The summed E-state index contributed by atoms with van der Waals surface area (Å²) in [4.78, 5) is 21.6. The van der Waals surface area contributed by atoms with Crippen LogP contribution in [0.1, 0.15) is 36.0 Å². The van der Waals surface area contributed by atoms with Crippen LogP contribution in [-0.4, -0.2) is 53.4 Å². The molecule has 2 aromatic rings. The highest BCUT2D eigenvalue weighted by Crippen LogP contribution is 2.19. The van der Waals surface area contributed by atoms with E-state index in [2.05, 4.69) is 16.8 Å². The van der Waals surface area contributed by atoms with Crippen molar-refractivity contribution in [3.05, 3.63) is 51.7 Å². The molecule has 2 heterocycles. The van der Waals surface area contributed by atoms with E-state index in [0.717, 1.165) is 68.3 Å². The Morgan fingerprint density at radius 1 is 1.43 bits per heavy atom. The summed E-state index contributed by atoms with van der Waals surface area (Å²) in [6, 6.07) is 6.88. The highest BCUT2D eigenvalue weighted by Gasteiger charge is 2.24. The van der Waals surface area contributed by atoms with Crippen molar-refractivity contribution in [2.24, 2.45) is 5.92 Å². The van der Waals surface area contributed by atoms with Crippen LogP contribution in [0.25, 0.3) is 0 Å². The first kappa shape index (κ1) is 20.9. The van der Waals surface area contributed by atoms with Crippen molar-refractivity contribution in [1.29, 1.82) is 0 Å². The average Bonchev–Trinajstić information content (AvgIpc) is 3.09. The van der Waals surface area contributed by atoms with E-state index < -0.39 is 0 Å². The molecule has 0 radical (unpaired) electrons. The Morgan fingerprint density at radius 2 is 2.29 bits per heavy atom. The molecule has 0 bridgehead atoms. The average molecular weight is 404 g/mol. The predicted molar refractivity (Wildman–Crippen MR) is 112 cm³/mol. The summed E-state index contributed by atoms with van der Waals surface area (Å²) in [7, 11) is 0. The second-order valence-electron chi connectivity index (χ2n) is 7.66. The molecular formula is C22H30FN3OS. The van der Waals surface area contributed by atoms with Gasteiger partial charge in [0.2, 0.25) is 5.91 Å². The van der Waals surface area contributed by atoms with Gasteiger partial charge in [-0.3, -0.25) is 4.79 Å². The molecule has 1 saturated heterocycles. The Hall–Kier alpha value is -1.79. The van der Waals surface area contributed by atoms with Crippen molar-refractivity contribution in [2.45, 2.75) is 39.5 Å². The van der Waals surface area contributed by atoms with Gasteiger partial charge in [-0.15, -0.1) is 11.3 Å². The molecule has 0 spiro atoms. The summed E-state index contributed by atoms with van der Waals surface area (Å²) in [6.45, 7) is 8.61. The van der Waals surface area contributed by atoms with E-state index >= 15 is 0 Å². The van der Waals surface area contributed by atoms with E-state index in [-0.39, 0.29) is 11.7 Å². The van der Waals surface area contributed by atoms with E-state index in [1.165, 1.54) is 6.07 Å². The number of piperidine rings is 1. The number of benzene rings is 1. The number of likely N-dealkylation sites (tertiary alicyclic amines) is 1. The summed E-state index contributed by atoms with van der Waals surface area (Å²) in [5.74, 6) is 0.508. The fourth-order valence-corrected chi connectivity index (χ4v) is 4.57. The van der Waals surface area contributed by atoms with Crippen molar-refractivity contribution < 1.29 is 9.18 Å². The maximum absolute atomic E-state index is 13.4. The van der Waals surface area contributed by atoms with Gasteiger partial charge in [-0.25, -0.2) is 9.37 Å². The van der Waals surface area contributed by atoms with Gasteiger partial charge in [0.05, 0.1) is 17.1 Å². The third-order valence-electron chi connectivity index (χ3n) is 5.42. The van der Waals surface area contributed by atoms with Crippen LogP contribution in [0.2, 0.25) is 0 Å². The minimum Gasteiger partial charge on any atom is -0.342 e. The van der Waals surface area contributed by atoms with Crippen molar-refractivity contribution in [2.75, 3.05) is 32.7 Å². The molecule has 28 heavy (non-hydrogen) atoms. The maximum Gasteiger partial charge on any atom is 0.228 e. The van der Waals surface area contributed by atoms with Crippen LogP contribution in [0.3, 0.4) is 0 Å². The molecule has 3 rings (SSSR count). The maximum atomic E-state index is 13.4. The lowest BCUT2D eigenvalue weighted by molar-refractivity contribution is -0.131. The highest BCUT2D eigenvalue weighted by molar-refractivity contribution is 7.09. The summed E-state index contributed by atoms with van der Waals surface area (Å²) < 4.78 is 13.4. The molecule has 1 aliphatic heterocycles. The second kappa shape index (κ2) is 10.1. The third kappa shape index (κ3) is 6.11. The van der Waals surface area contributed by atoms with E-state index in [4.69, 9.17) is 0 Å². The number of halogens is 1. The highest BCUT2D eigenvalue weighted by atomic mass is 32.1. The summed E-state index contributed by atoms with van der Waals surface area (Å²) >= 11 is 1.59. The number of thiazole rings is 1. The molecule has 1 aromatic heterocycles. The van der Waals surface area contributed by atoms with Gasteiger partial charge in [0.1, 0.15) is 5.82 Å². The van der Waals surface area contributed by atoms with Crippen LogP contribution in [0, 0.1) is 18.7 Å². The number of nitrogens with zero attached hydrogens (tertiary/aromatic N) is 3. The molecular weight excluding hydrogens is 373 g/mol. The quantitative estimate of drug-likeness (QED) is 0.670. The lowest BCUT2D eigenvalue weighted by Gasteiger charge is -2.35. The standard InChI is InChI=1S/C22H30FN3OS/c1-3-26(22(27)13-21-16-28-17(2)24-21)15-19-7-5-10-25(14-19)11-9-18-6-4-8-20(23)12-18/h4,6,8,12,16,19H,3,5,7,9-11,13-15H2,1-2H3/t19-/m0/s1. The van der Waals surface area contributed by atoms with E-state index in [1.54, 1.807) is 23.5 Å². The second-order valence-corrected chi connectivity index (χ2v) is 8.72. The molecule has 1 amide bonds. The zero-order valence-corrected chi connectivity index (χ0v) is 17.7. The summed E-state index contributed by atoms with van der Waals surface area (Å²) in [5, 5.41) is 2.99. The lowest BCUT2D eigenvalue weighted by Crippen LogP contribution is -2.43. The van der Waals surface area contributed by atoms with Crippen LogP contribution in [0.5, 0.6) is 0 Å². The zero-order chi connectivity index (χ0) is 19.9. The van der Waals surface area contributed by atoms with Gasteiger partial charge < -0.3 is 9.80 Å². The number of hydrogen-bond donors (Lipinski definition) is 0. The van der Waals surface area contributed by atoms with Gasteiger partial charge >= 0.3 is 0 Å². The first-order chi connectivity index (χ1) is 13.5. The van der Waals surface area contributed by atoms with Crippen molar-refractivity contribution >= 4 is 17.2 Å². The van der Waals surface area contributed by atoms with Gasteiger partial charge in [0.25, 0.3) is 0 Å². The molecule has 0 unspecified atom stereocenters. The van der Waals surface area contributed by atoms with Crippen molar-refractivity contribution in [3.63, 3.8) is 0 Å². The Balaban J connectivity index is 1.49. The van der Waals surface area contributed by atoms with Crippen LogP contribution in [0.15, 0.2) is 29.6 Å². The number of aromatic nitrogens is 1. The first-order valence-electron chi connectivity index (χ1n) is 10.2. The van der Waals surface area contributed by atoms with Crippen LogP contribution >= 0.6 is 11.3 Å². The smallest absolute Gasteiger partial charge is 0.228 e. The fourth-order valence-electron chi connectivity index (χ4n) is 3.96. The molecule has 0 saturated carbocycles. The lowest BCUT2D eigenvalue weighted by atomic mass is 9.96. The molecule has 6 heteroatoms. The molecule has 1 aliphatic rings. The number of hydrogen-bond acceptors (Lipinski definition) is 4. The van der Waals surface area contributed by atoms with E-state index in [0.29, 0.717) is 12.3 Å². The molecule has 152 valence electrons. The van der Waals surface area contributed by atoms with Crippen molar-refractivity contribution in [1.82, 2.24) is 14.8 Å².